The third-order valence-corrected chi connectivity index (χ3v) is 6.04. The van der Waals surface area contributed by atoms with Crippen LogP contribution in [0.5, 0.6) is 40.2 Å². The Morgan fingerprint density at radius 2 is 1.48 bits per heavy atom. The van der Waals surface area contributed by atoms with Gasteiger partial charge >= 0.3 is 5.97 Å². The first-order chi connectivity index (χ1) is 19.0. The molecule has 13 nitrogen and oxygen atoms in total. The average molecular weight is 558 g/mol. The molecule has 1 heterocycles. The van der Waals surface area contributed by atoms with Crippen molar-refractivity contribution in [3.8, 4) is 40.2 Å². The Labute approximate surface area is 226 Å². The molecule has 3 aromatic rings. The number of carbonyl (C=O) groups is 1. The van der Waals surface area contributed by atoms with Crippen molar-refractivity contribution in [3.05, 3.63) is 65.2 Å². The molecule has 0 radical (unpaired) electrons. The van der Waals surface area contributed by atoms with Crippen LogP contribution < -0.4 is 4.74 Å². The van der Waals surface area contributed by atoms with Crippen LogP contribution in [-0.2, 0) is 9.47 Å². The largest absolute Gasteiger partial charge is 0.508 e. The van der Waals surface area contributed by atoms with E-state index in [0.717, 1.165) is 18.2 Å². The van der Waals surface area contributed by atoms with Gasteiger partial charge in [0.05, 0.1) is 12.2 Å². The maximum absolute atomic E-state index is 12.8. The first-order valence-electron chi connectivity index (χ1n) is 11.8. The van der Waals surface area contributed by atoms with Crippen molar-refractivity contribution in [2.24, 2.45) is 0 Å². The molecule has 0 saturated carbocycles. The smallest absolute Gasteiger partial charge is 0.339 e. The molecule has 1 aliphatic heterocycles. The van der Waals surface area contributed by atoms with Gasteiger partial charge in [-0.2, -0.15) is 0 Å². The lowest BCUT2D eigenvalue weighted by Gasteiger charge is -2.41. The lowest BCUT2D eigenvalue weighted by molar-refractivity contribution is -0.276. The van der Waals surface area contributed by atoms with Gasteiger partial charge < -0.3 is 60.2 Å². The van der Waals surface area contributed by atoms with Crippen LogP contribution in [0.4, 0.5) is 0 Å². The van der Waals surface area contributed by atoms with Gasteiger partial charge in [0.1, 0.15) is 29.8 Å². The zero-order valence-corrected chi connectivity index (χ0v) is 20.5. The molecule has 4 rings (SSSR count). The fraction of sp³-hybridized carbons (Fsp3) is 0.222. The summed E-state index contributed by atoms with van der Waals surface area (Å²) in [5, 5.41) is 89.7. The second kappa shape index (κ2) is 11.6. The zero-order valence-electron chi connectivity index (χ0n) is 20.5. The van der Waals surface area contributed by atoms with Gasteiger partial charge in [0, 0.05) is 11.6 Å². The van der Waals surface area contributed by atoms with Gasteiger partial charge in [0.25, 0.3) is 0 Å². The number of hydrogen-bond acceptors (Lipinski definition) is 13. The number of phenols is 6. The minimum atomic E-state index is -1.88. The van der Waals surface area contributed by atoms with Crippen molar-refractivity contribution in [2.75, 3.05) is 6.61 Å². The third-order valence-electron chi connectivity index (χ3n) is 6.04. The van der Waals surface area contributed by atoms with Crippen molar-refractivity contribution >= 4 is 18.1 Å². The summed E-state index contributed by atoms with van der Waals surface area (Å²) in [6.45, 7) is -0.770. The summed E-state index contributed by atoms with van der Waals surface area (Å²) in [5.74, 6) is -4.94. The van der Waals surface area contributed by atoms with E-state index in [4.69, 9.17) is 14.2 Å². The molecule has 9 N–H and O–H groups in total. The van der Waals surface area contributed by atoms with Crippen molar-refractivity contribution < 1.29 is 65.0 Å². The summed E-state index contributed by atoms with van der Waals surface area (Å²) in [4.78, 5) is 12.8. The zero-order chi connectivity index (χ0) is 29.1. The van der Waals surface area contributed by atoms with E-state index in [1.807, 2.05) is 0 Å². The van der Waals surface area contributed by atoms with Gasteiger partial charge in [0.2, 0.25) is 6.29 Å². The fourth-order valence-electron chi connectivity index (χ4n) is 3.95. The minimum Gasteiger partial charge on any atom is -0.508 e. The van der Waals surface area contributed by atoms with Crippen LogP contribution in [0.2, 0.25) is 0 Å². The van der Waals surface area contributed by atoms with Gasteiger partial charge in [-0.3, -0.25) is 0 Å². The predicted octanol–water partition coefficient (Wildman–Crippen LogP) is 1.13. The molecule has 5 atom stereocenters. The molecule has 0 aliphatic carbocycles. The Balaban J connectivity index is 1.67. The van der Waals surface area contributed by atoms with Crippen LogP contribution in [0.25, 0.3) is 12.2 Å². The Morgan fingerprint density at radius 3 is 2.10 bits per heavy atom. The summed E-state index contributed by atoms with van der Waals surface area (Å²) in [7, 11) is 0. The highest BCUT2D eigenvalue weighted by Crippen LogP contribution is 2.39. The van der Waals surface area contributed by atoms with E-state index in [9.17, 15) is 50.8 Å². The lowest BCUT2D eigenvalue weighted by Crippen LogP contribution is -2.61. The molecule has 13 heteroatoms. The highest BCUT2D eigenvalue weighted by Gasteiger charge is 2.48. The number of phenolic OH excluding ortho intramolecular Hbond substituents is 6. The summed E-state index contributed by atoms with van der Waals surface area (Å²) in [6, 6.07) is 9.83. The van der Waals surface area contributed by atoms with Crippen molar-refractivity contribution in [3.63, 3.8) is 0 Å². The molecule has 1 saturated heterocycles. The standard InChI is InChI=1S/C27H26O13/c28-11-20-22(35)23(36)25(39-26(37)14-8-17(31)21(34)18(32)9-14)27(38-20)40-24-13(7-16(30)10-19(24)33)4-1-12-2-5-15(29)6-3-12/h1-10,20,22-23,25,27-36H,11H2/b4-1+/t20-,22-,23+,25-,27+/m1/s1. The van der Waals surface area contributed by atoms with Crippen LogP contribution >= 0.6 is 0 Å². The van der Waals surface area contributed by atoms with Gasteiger partial charge in [-0.05, 0) is 35.9 Å². The van der Waals surface area contributed by atoms with Gasteiger partial charge in [-0.15, -0.1) is 0 Å². The third kappa shape index (κ3) is 5.97. The molecular weight excluding hydrogens is 532 g/mol. The maximum atomic E-state index is 12.8. The quantitative estimate of drug-likeness (QED) is 0.113. The van der Waals surface area contributed by atoms with E-state index in [2.05, 4.69) is 0 Å². The molecule has 212 valence electrons. The minimum absolute atomic E-state index is 0.0446. The molecule has 0 unspecified atom stereocenters. The number of benzene rings is 3. The van der Waals surface area contributed by atoms with Crippen molar-refractivity contribution in [1.82, 2.24) is 0 Å². The van der Waals surface area contributed by atoms with Crippen molar-refractivity contribution in [2.45, 2.75) is 30.7 Å². The molecule has 0 spiro atoms. The van der Waals surface area contributed by atoms with E-state index in [1.165, 1.54) is 24.3 Å². The lowest BCUT2D eigenvalue weighted by atomic mass is 9.99. The number of aromatic hydroxyl groups is 6. The molecule has 40 heavy (non-hydrogen) atoms. The van der Waals surface area contributed by atoms with Gasteiger partial charge in [-0.1, -0.05) is 24.3 Å². The highest BCUT2D eigenvalue weighted by atomic mass is 16.7. The first-order valence-corrected chi connectivity index (χ1v) is 11.8. The molecule has 1 aliphatic rings. The monoisotopic (exact) mass is 558 g/mol. The Hall–Kier alpha value is -4.69. The highest BCUT2D eigenvalue weighted by molar-refractivity contribution is 5.91. The summed E-state index contributed by atoms with van der Waals surface area (Å²) in [6.07, 6.45) is -5.53. The summed E-state index contributed by atoms with van der Waals surface area (Å²) < 4.78 is 16.6. The van der Waals surface area contributed by atoms with E-state index >= 15 is 0 Å². The van der Waals surface area contributed by atoms with Crippen LogP contribution in [0, 0.1) is 0 Å². The summed E-state index contributed by atoms with van der Waals surface area (Å²) >= 11 is 0. The number of carbonyl (C=O) groups excluding carboxylic acids is 1. The number of ether oxygens (including phenoxy) is 3. The Kier molecular flexibility index (Phi) is 8.21. The molecule has 0 amide bonds. The average Bonchev–Trinajstić information content (AvgIpc) is 2.91. The van der Waals surface area contributed by atoms with E-state index in [0.29, 0.717) is 5.56 Å². The number of esters is 1. The Morgan fingerprint density at radius 1 is 0.825 bits per heavy atom. The number of hydrogen-bond donors (Lipinski definition) is 9. The van der Waals surface area contributed by atoms with Crippen molar-refractivity contribution in [1.29, 1.82) is 0 Å². The van der Waals surface area contributed by atoms with Crippen LogP contribution in [0.15, 0.2) is 48.5 Å². The molecule has 0 bridgehead atoms. The molecule has 1 fully saturated rings. The van der Waals surface area contributed by atoms with Crippen LogP contribution in [0.3, 0.4) is 0 Å². The number of rotatable bonds is 7. The summed E-state index contributed by atoms with van der Waals surface area (Å²) in [5.41, 5.74) is 0.294. The molecule has 0 aromatic heterocycles. The topological polar surface area (TPSA) is 227 Å². The number of aliphatic hydroxyl groups is 3. The van der Waals surface area contributed by atoms with Crippen LogP contribution in [0.1, 0.15) is 21.5 Å². The van der Waals surface area contributed by atoms with E-state index in [1.54, 1.807) is 18.2 Å². The fourth-order valence-corrected chi connectivity index (χ4v) is 3.95. The SMILES string of the molecule is O=C(O[C@H]1[C@H](Oc2c(O)cc(O)cc2/C=C/c2ccc(O)cc2)O[C@H](CO)[C@@H](O)[C@@H]1O)c1cc(O)c(O)c(O)c1. The normalized spacial score (nSPS) is 22.7. The molecule has 3 aromatic carbocycles. The van der Waals surface area contributed by atoms with Crippen LogP contribution in [-0.4, -0.2) is 89.2 Å². The predicted molar refractivity (Wildman–Crippen MR) is 136 cm³/mol. The van der Waals surface area contributed by atoms with Gasteiger partial charge in [-0.25, -0.2) is 4.79 Å². The maximum Gasteiger partial charge on any atom is 0.339 e. The van der Waals surface area contributed by atoms with E-state index < -0.39 is 71.8 Å². The first kappa shape index (κ1) is 28.3. The molecular formula is C27H26O13. The van der Waals surface area contributed by atoms with Gasteiger partial charge in [0.15, 0.2) is 34.9 Å². The van der Waals surface area contributed by atoms with E-state index in [-0.39, 0.29) is 22.8 Å². The Bertz CT molecular complexity index is 1380. The second-order valence-electron chi connectivity index (χ2n) is 8.87. The second-order valence-corrected chi connectivity index (χ2v) is 8.87. The number of aliphatic hydroxyl groups excluding tert-OH is 3.